The van der Waals surface area contributed by atoms with Crippen LogP contribution < -0.4 is 0 Å². The lowest BCUT2D eigenvalue weighted by Gasteiger charge is -2.32. The molecule has 0 bridgehead atoms. The summed E-state index contributed by atoms with van der Waals surface area (Å²) in [4.78, 5) is 4.64. The molecular weight excluding hydrogens is 188 g/mol. The Morgan fingerprint density at radius 1 is 1.27 bits per heavy atom. The average Bonchev–Trinajstić information content (AvgIpc) is 2.20. The van der Waals surface area contributed by atoms with Crippen molar-refractivity contribution >= 4 is 0 Å². The maximum absolute atomic E-state index is 5.63. The van der Waals surface area contributed by atoms with Gasteiger partial charge in [-0.25, -0.2) is 0 Å². The highest BCUT2D eigenvalue weighted by molar-refractivity contribution is 4.73. The highest BCUT2D eigenvalue weighted by Crippen LogP contribution is 2.17. The van der Waals surface area contributed by atoms with E-state index in [1.807, 2.05) is 0 Å². The largest absolute Gasteiger partial charge is 0.380 e. The Bertz CT molecular complexity index is 162. The number of likely N-dealkylation sites (N-methyl/N-ethyl adjacent to an activating group) is 1. The van der Waals surface area contributed by atoms with E-state index in [2.05, 4.69) is 30.9 Å². The summed E-state index contributed by atoms with van der Waals surface area (Å²) in [6.07, 6.45) is 5.32. The fraction of sp³-hybridized carbons (Fsp3) is 1.00. The number of piperidine rings is 1. The van der Waals surface area contributed by atoms with Crippen LogP contribution in [0.4, 0.5) is 0 Å². The molecule has 1 fully saturated rings. The summed E-state index contributed by atoms with van der Waals surface area (Å²) >= 11 is 0. The van der Waals surface area contributed by atoms with Crippen molar-refractivity contribution in [3.05, 3.63) is 0 Å². The van der Waals surface area contributed by atoms with Crippen molar-refractivity contribution in [1.29, 1.82) is 0 Å². The predicted molar refractivity (Wildman–Crippen MR) is 64.3 cm³/mol. The molecule has 1 aliphatic rings. The Morgan fingerprint density at radius 3 is 2.73 bits per heavy atom. The molecular formula is C12H26N2O. The number of ether oxygens (including phenoxy) is 1. The first-order chi connectivity index (χ1) is 7.20. The topological polar surface area (TPSA) is 15.7 Å². The Hall–Kier alpha value is -0.120. The van der Waals surface area contributed by atoms with Crippen LogP contribution in [0.5, 0.6) is 0 Å². The van der Waals surface area contributed by atoms with Gasteiger partial charge in [-0.2, -0.15) is 0 Å². The van der Waals surface area contributed by atoms with Gasteiger partial charge in [0.25, 0.3) is 0 Å². The van der Waals surface area contributed by atoms with Crippen LogP contribution in [0.15, 0.2) is 0 Å². The summed E-state index contributed by atoms with van der Waals surface area (Å²) < 4.78 is 5.63. The maximum atomic E-state index is 5.63. The lowest BCUT2D eigenvalue weighted by atomic mass is 10.0. The van der Waals surface area contributed by atoms with E-state index in [1.54, 1.807) is 0 Å². The quantitative estimate of drug-likeness (QED) is 0.622. The van der Waals surface area contributed by atoms with E-state index in [0.717, 1.165) is 25.8 Å². The predicted octanol–water partition coefficient (Wildman–Crippen LogP) is 1.44. The molecule has 0 amide bonds. The van der Waals surface area contributed by atoms with Crippen LogP contribution in [-0.4, -0.2) is 63.3 Å². The normalized spacial score (nSPS) is 23.6. The standard InChI is InChI=1S/C12H26N2O/c1-13(2)9-11-15-10-7-12-6-4-5-8-14(12)3/h12H,4-11H2,1-3H3. The number of hydrogen-bond acceptors (Lipinski definition) is 3. The van der Waals surface area contributed by atoms with Crippen LogP contribution in [0.3, 0.4) is 0 Å². The van der Waals surface area contributed by atoms with Gasteiger partial charge >= 0.3 is 0 Å². The lowest BCUT2D eigenvalue weighted by molar-refractivity contribution is 0.0834. The zero-order valence-corrected chi connectivity index (χ0v) is 10.5. The highest BCUT2D eigenvalue weighted by Gasteiger charge is 2.17. The summed E-state index contributed by atoms with van der Waals surface area (Å²) in [7, 11) is 6.40. The lowest BCUT2D eigenvalue weighted by Crippen LogP contribution is -2.37. The van der Waals surface area contributed by atoms with Gasteiger partial charge in [-0.15, -0.1) is 0 Å². The second-order valence-electron chi connectivity index (χ2n) is 4.83. The number of nitrogens with zero attached hydrogens (tertiary/aromatic N) is 2. The molecule has 0 radical (unpaired) electrons. The fourth-order valence-electron chi connectivity index (χ4n) is 2.08. The van der Waals surface area contributed by atoms with Gasteiger partial charge in [0.1, 0.15) is 0 Å². The van der Waals surface area contributed by atoms with E-state index in [9.17, 15) is 0 Å². The van der Waals surface area contributed by atoms with E-state index in [0.29, 0.717) is 0 Å². The first-order valence-electron chi connectivity index (χ1n) is 6.13. The molecule has 0 spiro atoms. The molecule has 0 aromatic heterocycles. The summed E-state index contributed by atoms with van der Waals surface area (Å²) in [6, 6.07) is 0.762. The van der Waals surface area contributed by atoms with Gasteiger partial charge in [-0.1, -0.05) is 6.42 Å². The van der Waals surface area contributed by atoms with Gasteiger partial charge in [0.15, 0.2) is 0 Å². The van der Waals surface area contributed by atoms with E-state index < -0.39 is 0 Å². The third-order valence-electron chi connectivity index (χ3n) is 3.20. The van der Waals surface area contributed by atoms with E-state index >= 15 is 0 Å². The summed E-state index contributed by atoms with van der Waals surface area (Å²) in [5, 5.41) is 0. The Labute approximate surface area is 94.4 Å². The third kappa shape index (κ3) is 5.50. The van der Waals surface area contributed by atoms with Crippen molar-refractivity contribution in [1.82, 2.24) is 9.80 Å². The van der Waals surface area contributed by atoms with Gasteiger partial charge in [0, 0.05) is 19.2 Å². The molecule has 0 saturated carbocycles. The average molecular weight is 214 g/mol. The number of likely N-dealkylation sites (tertiary alicyclic amines) is 1. The molecule has 0 aromatic rings. The van der Waals surface area contributed by atoms with Crippen molar-refractivity contribution in [3.63, 3.8) is 0 Å². The summed E-state index contributed by atoms with van der Waals surface area (Å²) in [5.41, 5.74) is 0. The van der Waals surface area contributed by atoms with Crippen LogP contribution >= 0.6 is 0 Å². The van der Waals surface area contributed by atoms with Crippen LogP contribution in [0, 0.1) is 0 Å². The van der Waals surface area contributed by atoms with E-state index in [-0.39, 0.29) is 0 Å². The molecule has 0 N–H and O–H groups in total. The van der Waals surface area contributed by atoms with Crippen LogP contribution in [-0.2, 0) is 4.74 Å². The van der Waals surface area contributed by atoms with Crippen LogP contribution in [0.2, 0.25) is 0 Å². The van der Waals surface area contributed by atoms with Gasteiger partial charge in [0.2, 0.25) is 0 Å². The maximum Gasteiger partial charge on any atom is 0.0593 e. The first kappa shape index (κ1) is 12.9. The van der Waals surface area contributed by atoms with E-state index in [4.69, 9.17) is 4.74 Å². The van der Waals surface area contributed by atoms with Gasteiger partial charge in [-0.05, 0) is 47.0 Å². The minimum absolute atomic E-state index is 0.762. The molecule has 90 valence electrons. The van der Waals surface area contributed by atoms with Crippen molar-refractivity contribution in [3.8, 4) is 0 Å². The van der Waals surface area contributed by atoms with Crippen molar-refractivity contribution in [2.45, 2.75) is 31.7 Å². The molecule has 1 saturated heterocycles. The molecule has 3 heteroatoms. The SMILES string of the molecule is CN(C)CCOCCC1CCCCN1C. The zero-order chi connectivity index (χ0) is 11.1. The van der Waals surface area contributed by atoms with Crippen molar-refractivity contribution in [2.75, 3.05) is 47.4 Å². The molecule has 1 unspecified atom stereocenters. The number of rotatable bonds is 6. The molecule has 15 heavy (non-hydrogen) atoms. The fourth-order valence-corrected chi connectivity index (χ4v) is 2.08. The molecule has 1 heterocycles. The minimum atomic E-state index is 0.762. The second kappa shape index (κ2) is 7.20. The van der Waals surface area contributed by atoms with Crippen molar-refractivity contribution in [2.24, 2.45) is 0 Å². The molecule has 0 aliphatic carbocycles. The monoisotopic (exact) mass is 214 g/mol. The van der Waals surface area contributed by atoms with Crippen LogP contribution in [0.25, 0.3) is 0 Å². The van der Waals surface area contributed by atoms with Gasteiger partial charge < -0.3 is 14.5 Å². The smallest absolute Gasteiger partial charge is 0.0593 e. The molecule has 1 atom stereocenters. The zero-order valence-electron chi connectivity index (χ0n) is 10.5. The van der Waals surface area contributed by atoms with Crippen LogP contribution in [0.1, 0.15) is 25.7 Å². The highest BCUT2D eigenvalue weighted by atomic mass is 16.5. The third-order valence-corrected chi connectivity index (χ3v) is 3.20. The minimum Gasteiger partial charge on any atom is -0.380 e. The first-order valence-corrected chi connectivity index (χ1v) is 6.13. The Balaban J connectivity index is 1.99. The molecule has 1 aliphatic heterocycles. The van der Waals surface area contributed by atoms with Crippen molar-refractivity contribution < 1.29 is 4.74 Å². The summed E-state index contributed by atoms with van der Waals surface area (Å²) in [6.45, 7) is 4.08. The number of hydrogen-bond donors (Lipinski definition) is 0. The van der Waals surface area contributed by atoms with Gasteiger partial charge in [-0.3, -0.25) is 0 Å². The molecule has 1 rings (SSSR count). The Kier molecular flexibility index (Phi) is 6.22. The van der Waals surface area contributed by atoms with Gasteiger partial charge in [0.05, 0.1) is 6.61 Å². The Morgan fingerprint density at radius 2 is 2.07 bits per heavy atom. The molecule has 3 nitrogen and oxygen atoms in total. The summed E-state index contributed by atoms with van der Waals surface area (Å²) in [5.74, 6) is 0. The van der Waals surface area contributed by atoms with E-state index in [1.165, 1.54) is 32.2 Å². The second-order valence-corrected chi connectivity index (χ2v) is 4.83. The molecule has 0 aromatic carbocycles.